The molecule has 4 aliphatic rings. The molecule has 1 aliphatic heterocycles. The van der Waals surface area contributed by atoms with E-state index in [2.05, 4.69) is 11.9 Å². The van der Waals surface area contributed by atoms with Crippen LogP contribution < -0.4 is 5.32 Å². The first kappa shape index (κ1) is 8.37. The maximum absolute atomic E-state index is 11.5. The normalized spacial score (nSPS) is 55.7. The SMILES string of the molecule is C=C1CC2C3C1CCC3C21CNC(=O)C1.[HH]. The molecule has 4 fully saturated rings. The van der Waals surface area contributed by atoms with Crippen molar-refractivity contribution in [2.45, 2.75) is 25.7 Å². The van der Waals surface area contributed by atoms with E-state index in [0.29, 0.717) is 5.41 Å². The van der Waals surface area contributed by atoms with Gasteiger partial charge in [0, 0.05) is 19.8 Å². The summed E-state index contributed by atoms with van der Waals surface area (Å²) in [6.07, 6.45) is 4.71. The summed E-state index contributed by atoms with van der Waals surface area (Å²) < 4.78 is 0. The molecule has 4 rings (SSSR count). The van der Waals surface area contributed by atoms with Crippen LogP contribution in [0.3, 0.4) is 0 Å². The summed E-state index contributed by atoms with van der Waals surface area (Å²) in [6.45, 7) is 5.20. The largest absolute Gasteiger partial charge is 0.355 e. The molecule has 1 amide bonds. The monoisotopic (exact) mass is 205 g/mol. The van der Waals surface area contributed by atoms with Crippen molar-refractivity contribution in [2.24, 2.45) is 29.1 Å². The van der Waals surface area contributed by atoms with Crippen LogP contribution in [0.5, 0.6) is 0 Å². The van der Waals surface area contributed by atoms with Gasteiger partial charge < -0.3 is 5.32 Å². The van der Waals surface area contributed by atoms with Crippen molar-refractivity contribution in [3.63, 3.8) is 0 Å². The van der Waals surface area contributed by atoms with Crippen LogP contribution in [0.25, 0.3) is 0 Å². The van der Waals surface area contributed by atoms with E-state index < -0.39 is 0 Å². The van der Waals surface area contributed by atoms with Gasteiger partial charge in [-0.3, -0.25) is 4.79 Å². The van der Waals surface area contributed by atoms with E-state index in [0.717, 1.165) is 36.6 Å². The Kier molecular flexibility index (Phi) is 1.29. The molecule has 0 bridgehead atoms. The molecule has 1 spiro atoms. The molecule has 5 unspecified atom stereocenters. The van der Waals surface area contributed by atoms with Crippen LogP contribution in [0.4, 0.5) is 0 Å². The van der Waals surface area contributed by atoms with Gasteiger partial charge in [0.05, 0.1) is 0 Å². The van der Waals surface area contributed by atoms with Gasteiger partial charge >= 0.3 is 0 Å². The molecule has 3 saturated carbocycles. The molecular formula is C13H19NO. The molecule has 0 aromatic carbocycles. The number of carbonyl (C=O) groups excluding carboxylic acids is 1. The summed E-state index contributed by atoms with van der Waals surface area (Å²) in [4.78, 5) is 11.5. The van der Waals surface area contributed by atoms with E-state index in [9.17, 15) is 4.79 Å². The molecule has 1 saturated heterocycles. The maximum atomic E-state index is 11.5. The van der Waals surface area contributed by atoms with Crippen LogP contribution in [-0.2, 0) is 4.79 Å². The van der Waals surface area contributed by atoms with E-state index in [-0.39, 0.29) is 7.33 Å². The second kappa shape index (κ2) is 2.31. The summed E-state index contributed by atoms with van der Waals surface area (Å²) >= 11 is 0. The van der Waals surface area contributed by atoms with Crippen LogP contribution in [0, 0.1) is 29.1 Å². The molecule has 0 aromatic heterocycles. The van der Waals surface area contributed by atoms with Crippen molar-refractivity contribution in [1.29, 1.82) is 0 Å². The Balaban J connectivity index is 0.000000810. The third-order valence-corrected chi connectivity index (χ3v) is 5.77. The van der Waals surface area contributed by atoms with Gasteiger partial charge in [0.2, 0.25) is 5.91 Å². The van der Waals surface area contributed by atoms with Gasteiger partial charge in [0.15, 0.2) is 0 Å². The Labute approximate surface area is 91.6 Å². The Morgan fingerprint density at radius 1 is 1.40 bits per heavy atom. The Morgan fingerprint density at radius 3 is 3.00 bits per heavy atom. The summed E-state index contributed by atoms with van der Waals surface area (Å²) in [7, 11) is 0. The van der Waals surface area contributed by atoms with E-state index in [1.54, 1.807) is 0 Å². The fourth-order valence-corrected chi connectivity index (χ4v) is 5.26. The van der Waals surface area contributed by atoms with Crippen molar-refractivity contribution in [3.05, 3.63) is 12.2 Å². The van der Waals surface area contributed by atoms with Gasteiger partial charge in [0.1, 0.15) is 0 Å². The first-order chi connectivity index (χ1) is 7.22. The van der Waals surface area contributed by atoms with Gasteiger partial charge in [-0.25, -0.2) is 0 Å². The fourth-order valence-electron chi connectivity index (χ4n) is 5.26. The maximum Gasteiger partial charge on any atom is 0.220 e. The first-order valence-corrected chi connectivity index (χ1v) is 6.17. The number of rotatable bonds is 0. The number of hydrogen-bond donors (Lipinski definition) is 1. The number of nitrogens with one attached hydrogen (secondary N) is 1. The number of hydrogen-bond acceptors (Lipinski definition) is 1. The van der Waals surface area contributed by atoms with E-state index in [1.807, 2.05) is 0 Å². The number of allylic oxidation sites excluding steroid dienone is 1. The van der Waals surface area contributed by atoms with E-state index in [4.69, 9.17) is 0 Å². The lowest BCUT2D eigenvalue weighted by Gasteiger charge is -2.55. The predicted molar refractivity (Wildman–Crippen MR) is 59.1 cm³/mol. The molecule has 0 radical (unpaired) electrons. The summed E-state index contributed by atoms with van der Waals surface area (Å²) in [5, 5.41) is 3.05. The minimum Gasteiger partial charge on any atom is -0.355 e. The van der Waals surface area contributed by atoms with Gasteiger partial charge in [-0.2, -0.15) is 0 Å². The first-order valence-electron chi connectivity index (χ1n) is 6.17. The van der Waals surface area contributed by atoms with Crippen molar-refractivity contribution in [1.82, 2.24) is 5.32 Å². The van der Waals surface area contributed by atoms with Gasteiger partial charge in [0.25, 0.3) is 0 Å². The molecule has 2 heteroatoms. The smallest absolute Gasteiger partial charge is 0.220 e. The predicted octanol–water partition coefficient (Wildman–Crippen LogP) is 1.97. The minimum absolute atomic E-state index is 0. The fraction of sp³-hybridized carbons (Fsp3) is 0.769. The van der Waals surface area contributed by atoms with Crippen LogP contribution >= 0.6 is 0 Å². The molecule has 1 heterocycles. The van der Waals surface area contributed by atoms with Gasteiger partial charge in [-0.1, -0.05) is 12.2 Å². The van der Waals surface area contributed by atoms with Crippen molar-refractivity contribution in [3.8, 4) is 0 Å². The highest BCUT2D eigenvalue weighted by Gasteiger charge is 2.70. The number of amides is 1. The van der Waals surface area contributed by atoms with Gasteiger partial charge in [-0.15, -0.1) is 0 Å². The quantitative estimate of drug-likeness (QED) is 0.602. The standard InChI is InChI=1S/C13H17NO.H2/c1-7-4-10-12-8(7)2-3-9(12)13(10)5-11(15)14-6-13;/h8-10,12H,1-6H2,(H,14,15);1H. The van der Waals surface area contributed by atoms with Gasteiger partial charge in [-0.05, 0) is 42.9 Å². The van der Waals surface area contributed by atoms with Crippen LogP contribution in [-0.4, -0.2) is 12.5 Å². The topological polar surface area (TPSA) is 29.1 Å². The van der Waals surface area contributed by atoms with E-state index >= 15 is 0 Å². The van der Waals surface area contributed by atoms with Crippen LogP contribution in [0.1, 0.15) is 27.1 Å². The molecule has 5 atom stereocenters. The third-order valence-electron chi connectivity index (χ3n) is 5.77. The summed E-state index contributed by atoms with van der Waals surface area (Å²) in [6, 6.07) is 0. The zero-order valence-corrected chi connectivity index (χ0v) is 8.96. The lowest BCUT2D eigenvalue weighted by Crippen LogP contribution is -2.54. The average Bonchev–Trinajstić information content (AvgIpc) is 2.80. The molecule has 82 valence electrons. The lowest BCUT2D eigenvalue weighted by molar-refractivity contribution is -0.124. The zero-order chi connectivity index (χ0) is 10.2. The summed E-state index contributed by atoms with van der Waals surface area (Å²) in [5.74, 6) is 3.65. The Bertz CT molecular complexity index is 380. The lowest BCUT2D eigenvalue weighted by atomic mass is 9.48. The van der Waals surface area contributed by atoms with E-state index in [1.165, 1.54) is 24.8 Å². The molecule has 2 nitrogen and oxygen atoms in total. The minimum atomic E-state index is 0. The number of carbonyl (C=O) groups is 1. The number of fused-ring (bicyclic) bond motifs is 2. The Hall–Kier alpha value is -0.790. The molecule has 15 heavy (non-hydrogen) atoms. The highest BCUT2D eigenvalue weighted by Crippen LogP contribution is 2.73. The van der Waals surface area contributed by atoms with Crippen LogP contribution in [0.15, 0.2) is 12.2 Å². The Morgan fingerprint density at radius 2 is 2.27 bits per heavy atom. The second-order valence-corrected chi connectivity index (χ2v) is 6.02. The highest BCUT2D eigenvalue weighted by atomic mass is 16.1. The second-order valence-electron chi connectivity index (χ2n) is 6.02. The third kappa shape index (κ3) is 0.745. The highest BCUT2D eigenvalue weighted by molar-refractivity contribution is 5.79. The molecule has 0 aromatic rings. The van der Waals surface area contributed by atoms with Crippen molar-refractivity contribution in [2.75, 3.05) is 6.54 Å². The zero-order valence-electron chi connectivity index (χ0n) is 8.96. The molecule has 3 aliphatic carbocycles. The summed E-state index contributed by atoms with van der Waals surface area (Å²) in [5.41, 5.74) is 1.85. The molecule has 1 N–H and O–H groups in total. The molecular weight excluding hydrogens is 186 g/mol. The average molecular weight is 205 g/mol. The van der Waals surface area contributed by atoms with Crippen molar-refractivity contribution < 1.29 is 6.22 Å². The van der Waals surface area contributed by atoms with Crippen LogP contribution in [0.2, 0.25) is 0 Å². The van der Waals surface area contributed by atoms with Crippen molar-refractivity contribution >= 4 is 5.91 Å².